The van der Waals surface area contributed by atoms with Crippen LogP contribution in [0.3, 0.4) is 0 Å². The Bertz CT molecular complexity index is 339. The lowest BCUT2D eigenvalue weighted by Gasteiger charge is -2.20. The summed E-state index contributed by atoms with van der Waals surface area (Å²) in [6, 6.07) is 0. The lowest BCUT2D eigenvalue weighted by Crippen LogP contribution is -2.30. The number of carbonyl (C=O) groups is 1. The Hall–Kier alpha value is -1.04. The maximum Gasteiger partial charge on any atom is 0.319 e. The van der Waals surface area contributed by atoms with Gasteiger partial charge in [0.25, 0.3) is 0 Å². The molecule has 14 heavy (non-hydrogen) atoms. The normalized spacial score (nSPS) is 15.1. The molecule has 0 spiro atoms. The molecule has 0 saturated carbocycles. The summed E-state index contributed by atoms with van der Waals surface area (Å²) in [5.41, 5.74) is 0. The SMILES string of the molecule is CCC(C)(Sc1nncn1C)C(=O)O. The molecular formula is C8H13N3O2S. The standard InChI is InChI=1S/C8H13N3O2S/c1-4-8(2,6(12)13)14-7-10-9-5-11(7)3/h5H,4H2,1-3H3,(H,12,13). The lowest BCUT2D eigenvalue weighted by atomic mass is 10.1. The van der Waals surface area contributed by atoms with Gasteiger partial charge >= 0.3 is 5.97 Å². The molecule has 0 bridgehead atoms. The Balaban J connectivity index is 2.86. The third-order valence-electron chi connectivity index (χ3n) is 2.11. The Morgan fingerprint density at radius 3 is 2.79 bits per heavy atom. The summed E-state index contributed by atoms with van der Waals surface area (Å²) < 4.78 is 0.877. The number of aliphatic carboxylic acids is 1. The molecule has 1 rings (SSSR count). The molecule has 1 aromatic heterocycles. The molecule has 1 atom stereocenters. The molecule has 1 heterocycles. The van der Waals surface area contributed by atoms with Gasteiger partial charge in [-0.2, -0.15) is 0 Å². The number of aromatic nitrogens is 3. The van der Waals surface area contributed by atoms with Crippen LogP contribution in [0.4, 0.5) is 0 Å². The third-order valence-corrected chi connectivity index (χ3v) is 3.58. The summed E-state index contributed by atoms with van der Waals surface area (Å²) in [4.78, 5) is 11.0. The van der Waals surface area contributed by atoms with Crippen LogP contribution in [0.1, 0.15) is 20.3 Å². The van der Waals surface area contributed by atoms with Crippen LogP contribution in [0.25, 0.3) is 0 Å². The molecule has 0 aliphatic heterocycles. The van der Waals surface area contributed by atoms with Gasteiger partial charge in [0, 0.05) is 7.05 Å². The highest BCUT2D eigenvalue weighted by Crippen LogP contribution is 2.33. The Kier molecular flexibility index (Phi) is 3.15. The molecule has 0 saturated heterocycles. The van der Waals surface area contributed by atoms with Gasteiger partial charge in [0.15, 0.2) is 5.16 Å². The predicted molar refractivity (Wildman–Crippen MR) is 53.2 cm³/mol. The summed E-state index contributed by atoms with van der Waals surface area (Å²) in [5.74, 6) is -0.826. The number of carboxylic acid groups (broad SMARTS) is 1. The van der Waals surface area contributed by atoms with E-state index in [4.69, 9.17) is 5.11 Å². The van der Waals surface area contributed by atoms with Crippen molar-refractivity contribution in [1.29, 1.82) is 0 Å². The van der Waals surface area contributed by atoms with Crippen molar-refractivity contribution in [2.24, 2.45) is 7.05 Å². The highest BCUT2D eigenvalue weighted by Gasteiger charge is 2.33. The second-order valence-electron chi connectivity index (χ2n) is 3.22. The number of hydrogen-bond donors (Lipinski definition) is 1. The van der Waals surface area contributed by atoms with E-state index >= 15 is 0 Å². The van der Waals surface area contributed by atoms with E-state index in [9.17, 15) is 4.79 Å². The van der Waals surface area contributed by atoms with E-state index < -0.39 is 10.7 Å². The number of nitrogens with zero attached hydrogens (tertiary/aromatic N) is 3. The van der Waals surface area contributed by atoms with Crippen molar-refractivity contribution in [3.63, 3.8) is 0 Å². The molecule has 0 fully saturated rings. The lowest BCUT2D eigenvalue weighted by molar-refractivity contribution is -0.139. The van der Waals surface area contributed by atoms with Crippen LogP contribution in [-0.4, -0.2) is 30.6 Å². The van der Waals surface area contributed by atoms with Crippen LogP contribution in [-0.2, 0) is 11.8 Å². The van der Waals surface area contributed by atoms with Crippen molar-refractivity contribution in [1.82, 2.24) is 14.8 Å². The number of hydrogen-bond acceptors (Lipinski definition) is 4. The zero-order valence-corrected chi connectivity index (χ0v) is 9.21. The van der Waals surface area contributed by atoms with Gasteiger partial charge in [0.2, 0.25) is 0 Å². The molecule has 5 nitrogen and oxygen atoms in total. The van der Waals surface area contributed by atoms with Crippen LogP contribution < -0.4 is 0 Å². The monoisotopic (exact) mass is 215 g/mol. The highest BCUT2D eigenvalue weighted by atomic mass is 32.2. The van der Waals surface area contributed by atoms with Crippen molar-refractivity contribution in [2.75, 3.05) is 0 Å². The molecule has 0 aliphatic rings. The number of rotatable bonds is 4. The molecule has 78 valence electrons. The van der Waals surface area contributed by atoms with Gasteiger partial charge < -0.3 is 9.67 Å². The Morgan fingerprint density at radius 2 is 2.43 bits per heavy atom. The molecule has 1 aromatic rings. The molecule has 0 amide bonds. The summed E-state index contributed by atoms with van der Waals surface area (Å²) >= 11 is 1.22. The zero-order chi connectivity index (χ0) is 10.8. The number of aryl methyl sites for hydroxylation is 1. The molecule has 1 unspecified atom stereocenters. The van der Waals surface area contributed by atoms with Crippen LogP contribution in [0.15, 0.2) is 11.5 Å². The second kappa shape index (κ2) is 4.00. The van der Waals surface area contributed by atoms with Gasteiger partial charge in [-0.05, 0) is 13.3 Å². The van der Waals surface area contributed by atoms with Gasteiger partial charge in [-0.3, -0.25) is 4.79 Å². The predicted octanol–water partition coefficient (Wildman–Crippen LogP) is 1.16. The summed E-state index contributed by atoms with van der Waals surface area (Å²) in [6.45, 7) is 3.53. The third kappa shape index (κ3) is 2.06. The van der Waals surface area contributed by atoms with Gasteiger partial charge in [-0.15, -0.1) is 10.2 Å². The van der Waals surface area contributed by atoms with E-state index in [0.29, 0.717) is 11.6 Å². The zero-order valence-electron chi connectivity index (χ0n) is 8.39. The van der Waals surface area contributed by atoms with Crippen molar-refractivity contribution in [3.8, 4) is 0 Å². The van der Waals surface area contributed by atoms with Crippen LogP contribution in [0.2, 0.25) is 0 Å². The van der Waals surface area contributed by atoms with E-state index in [1.165, 1.54) is 11.8 Å². The average molecular weight is 215 g/mol. The molecule has 1 N–H and O–H groups in total. The highest BCUT2D eigenvalue weighted by molar-refractivity contribution is 8.01. The Morgan fingerprint density at radius 1 is 1.79 bits per heavy atom. The topological polar surface area (TPSA) is 68.0 Å². The van der Waals surface area contributed by atoms with Crippen molar-refractivity contribution >= 4 is 17.7 Å². The molecule has 6 heteroatoms. The maximum absolute atomic E-state index is 11.0. The molecule has 0 aliphatic carbocycles. The first-order valence-corrected chi connectivity index (χ1v) is 5.07. The van der Waals surface area contributed by atoms with E-state index in [2.05, 4.69) is 10.2 Å². The fourth-order valence-electron chi connectivity index (χ4n) is 0.834. The van der Waals surface area contributed by atoms with E-state index in [0.717, 1.165) is 0 Å². The van der Waals surface area contributed by atoms with Crippen molar-refractivity contribution in [2.45, 2.75) is 30.2 Å². The molecule has 0 radical (unpaired) electrons. The van der Waals surface area contributed by atoms with Gasteiger partial charge in [0.1, 0.15) is 11.1 Å². The van der Waals surface area contributed by atoms with Crippen LogP contribution in [0, 0.1) is 0 Å². The Labute approximate surface area is 86.5 Å². The average Bonchev–Trinajstić information content (AvgIpc) is 2.51. The van der Waals surface area contributed by atoms with E-state index in [1.807, 2.05) is 6.92 Å². The van der Waals surface area contributed by atoms with Crippen molar-refractivity contribution < 1.29 is 9.90 Å². The minimum Gasteiger partial charge on any atom is -0.480 e. The van der Waals surface area contributed by atoms with Gasteiger partial charge in [0.05, 0.1) is 0 Å². The quantitative estimate of drug-likeness (QED) is 0.763. The summed E-state index contributed by atoms with van der Waals surface area (Å²) in [5, 5.41) is 17.2. The molecule has 0 aromatic carbocycles. The first kappa shape index (κ1) is 11.0. The van der Waals surface area contributed by atoms with Crippen molar-refractivity contribution in [3.05, 3.63) is 6.33 Å². The smallest absolute Gasteiger partial charge is 0.319 e. The number of thioether (sulfide) groups is 1. The minimum absolute atomic E-state index is 0.542. The van der Waals surface area contributed by atoms with Gasteiger partial charge in [-0.25, -0.2) is 0 Å². The summed E-state index contributed by atoms with van der Waals surface area (Å²) in [7, 11) is 1.79. The van der Waals surface area contributed by atoms with Gasteiger partial charge in [-0.1, -0.05) is 18.7 Å². The summed E-state index contributed by atoms with van der Waals surface area (Å²) in [6.07, 6.45) is 2.10. The maximum atomic E-state index is 11.0. The first-order valence-electron chi connectivity index (χ1n) is 4.26. The largest absolute Gasteiger partial charge is 0.480 e. The van der Waals surface area contributed by atoms with E-state index in [1.54, 1.807) is 24.9 Å². The fourth-order valence-corrected chi connectivity index (χ4v) is 1.75. The van der Waals surface area contributed by atoms with E-state index in [-0.39, 0.29) is 0 Å². The fraction of sp³-hybridized carbons (Fsp3) is 0.625. The minimum atomic E-state index is -0.833. The number of carboxylic acids is 1. The first-order chi connectivity index (χ1) is 6.49. The second-order valence-corrected chi connectivity index (χ2v) is 4.69. The molecular weight excluding hydrogens is 202 g/mol. The van der Waals surface area contributed by atoms with Crippen LogP contribution >= 0.6 is 11.8 Å². The van der Waals surface area contributed by atoms with Crippen LogP contribution in [0.5, 0.6) is 0 Å².